The van der Waals surface area contributed by atoms with Gasteiger partial charge in [0.2, 0.25) is 11.8 Å². The number of amides is 2. The van der Waals surface area contributed by atoms with Crippen molar-refractivity contribution in [2.75, 3.05) is 17.3 Å². The molecule has 20 heavy (non-hydrogen) atoms. The molecule has 5 heteroatoms. The topological polar surface area (TPSA) is 49.4 Å². The molecule has 0 fully saturated rings. The Morgan fingerprint density at radius 2 is 2.25 bits per heavy atom. The molecule has 1 aromatic heterocycles. The van der Waals surface area contributed by atoms with Gasteiger partial charge in [0, 0.05) is 18.4 Å². The highest BCUT2D eigenvalue weighted by molar-refractivity contribution is 7.08. The van der Waals surface area contributed by atoms with E-state index in [9.17, 15) is 9.59 Å². The minimum Gasteiger partial charge on any atom is -0.326 e. The zero-order valence-electron chi connectivity index (χ0n) is 11.1. The third-order valence-corrected chi connectivity index (χ3v) is 4.12. The summed E-state index contributed by atoms with van der Waals surface area (Å²) in [5.41, 5.74) is 3.65. The van der Waals surface area contributed by atoms with Gasteiger partial charge in [0.1, 0.15) is 0 Å². The fraction of sp³-hybridized carbons (Fsp3) is 0.200. The second-order valence-corrected chi connectivity index (χ2v) is 5.61. The van der Waals surface area contributed by atoms with E-state index in [1.807, 2.05) is 35.0 Å². The van der Waals surface area contributed by atoms with Crippen molar-refractivity contribution in [3.63, 3.8) is 0 Å². The van der Waals surface area contributed by atoms with Gasteiger partial charge in [-0.1, -0.05) is 0 Å². The van der Waals surface area contributed by atoms with E-state index in [4.69, 9.17) is 0 Å². The number of rotatable bonds is 3. The Labute approximate surface area is 121 Å². The number of likely N-dealkylation sites (N-methyl/N-ethyl adjacent to an activating group) is 1. The van der Waals surface area contributed by atoms with E-state index in [0.29, 0.717) is 12.8 Å². The molecule has 2 amide bonds. The van der Waals surface area contributed by atoms with Gasteiger partial charge >= 0.3 is 0 Å². The van der Waals surface area contributed by atoms with Crippen LogP contribution in [-0.2, 0) is 22.4 Å². The first-order valence-electron chi connectivity index (χ1n) is 6.34. The first-order chi connectivity index (χ1) is 9.63. The van der Waals surface area contributed by atoms with E-state index in [-0.39, 0.29) is 11.8 Å². The lowest BCUT2D eigenvalue weighted by Gasteiger charge is -2.11. The van der Waals surface area contributed by atoms with Crippen LogP contribution in [0.5, 0.6) is 0 Å². The Hall–Kier alpha value is -2.14. The van der Waals surface area contributed by atoms with Gasteiger partial charge in [0.05, 0.1) is 12.8 Å². The van der Waals surface area contributed by atoms with Gasteiger partial charge in [0.15, 0.2) is 0 Å². The molecule has 1 aromatic carbocycles. The van der Waals surface area contributed by atoms with E-state index in [2.05, 4.69) is 5.32 Å². The molecular weight excluding hydrogens is 272 g/mol. The van der Waals surface area contributed by atoms with E-state index < -0.39 is 0 Å². The van der Waals surface area contributed by atoms with Crippen molar-refractivity contribution >= 4 is 34.5 Å². The number of fused-ring (bicyclic) bond motifs is 1. The molecule has 0 radical (unpaired) electrons. The molecule has 4 nitrogen and oxygen atoms in total. The third kappa shape index (κ3) is 2.44. The van der Waals surface area contributed by atoms with Crippen molar-refractivity contribution in [1.29, 1.82) is 0 Å². The normalized spacial score (nSPS) is 13.4. The molecule has 1 aliphatic heterocycles. The average Bonchev–Trinajstić information content (AvgIpc) is 2.99. The Kier molecular flexibility index (Phi) is 3.28. The zero-order chi connectivity index (χ0) is 14.1. The summed E-state index contributed by atoms with van der Waals surface area (Å²) in [4.78, 5) is 25.2. The highest BCUT2D eigenvalue weighted by Crippen LogP contribution is 2.29. The number of benzene rings is 1. The molecule has 2 heterocycles. The molecule has 2 aromatic rings. The van der Waals surface area contributed by atoms with Crippen LogP contribution in [0.2, 0.25) is 0 Å². The maximum atomic E-state index is 11.9. The largest absolute Gasteiger partial charge is 0.326 e. The molecule has 0 unspecified atom stereocenters. The molecule has 0 spiro atoms. The van der Waals surface area contributed by atoms with Crippen LogP contribution >= 0.6 is 11.3 Å². The number of carbonyl (C=O) groups excluding carboxylic acids is 2. The van der Waals surface area contributed by atoms with Gasteiger partial charge in [-0.15, -0.1) is 0 Å². The van der Waals surface area contributed by atoms with Gasteiger partial charge in [0.25, 0.3) is 0 Å². The summed E-state index contributed by atoms with van der Waals surface area (Å²) in [5, 5.41) is 6.80. The van der Waals surface area contributed by atoms with Gasteiger partial charge in [-0.3, -0.25) is 9.59 Å². The van der Waals surface area contributed by atoms with Crippen molar-refractivity contribution in [2.45, 2.75) is 12.8 Å². The summed E-state index contributed by atoms with van der Waals surface area (Å²) in [6.07, 6.45) is 0.777. The highest BCUT2D eigenvalue weighted by atomic mass is 32.1. The summed E-state index contributed by atoms with van der Waals surface area (Å²) < 4.78 is 0. The second-order valence-electron chi connectivity index (χ2n) is 4.83. The van der Waals surface area contributed by atoms with E-state index in [1.165, 1.54) is 0 Å². The average molecular weight is 286 g/mol. The first kappa shape index (κ1) is 12.9. The van der Waals surface area contributed by atoms with Crippen molar-refractivity contribution in [2.24, 2.45) is 0 Å². The summed E-state index contributed by atoms with van der Waals surface area (Å²) in [6, 6.07) is 7.53. The Morgan fingerprint density at radius 1 is 1.40 bits per heavy atom. The molecule has 0 atom stereocenters. The van der Waals surface area contributed by atoms with Crippen LogP contribution in [-0.4, -0.2) is 18.9 Å². The summed E-state index contributed by atoms with van der Waals surface area (Å²) in [7, 11) is 1.77. The standard InChI is InChI=1S/C15H14N2O2S/c1-17-13-3-2-12(7-11(13)8-15(17)19)16-14(18)6-10-4-5-20-9-10/h2-5,7,9H,6,8H2,1H3,(H,16,18). The molecule has 3 rings (SSSR count). The lowest BCUT2D eigenvalue weighted by Crippen LogP contribution is -2.20. The number of hydrogen-bond acceptors (Lipinski definition) is 3. The highest BCUT2D eigenvalue weighted by Gasteiger charge is 2.23. The molecule has 0 bridgehead atoms. The Bertz CT molecular complexity index is 665. The zero-order valence-corrected chi connectivity index (χ0v) is 11.9. The summed E-state index contributed by atoms with van der Waals surface area (Å²) in [5.74, 6) is 0.0442. The molecule has 0 saturated carbocycles. The lowest BCUT2D eigenvalue weighted by molar-refractivity contribution is -0.117. The van der Waals surface area contributed by atoms with Crippen LogP contribution < -0.4 is 10.2 Å². The number of anilines is 2. The predicted molar refractivity (Wildman–Crippen MR) is 80.2 cm³/mol. The van der Waals surface area contributed by atoms with Crippen LogP contribution in [0.3, 0.4) is 0 Å². The summed E-state index contributed by atoms with van der Waals surface area (Å²) in [6.45, 7) is 0. The van der Waals surface area contributed by atoms with Gasteiger partial charge < -0.3 is 10.2 Å². The van der Waals surface area contributed by atoms with Crippen LogP contribution in [0.25, 0.3) is 0 Å². The quantitative estimate of drug-likeness (QED) is 0.942. The first-order valence-corrected chi connectivity index (χ1v) is 7.28. The number of nitrogens with zero attached hydrogens (tertiary/aromatic N) is 1. The Balaban J connectivity index is 1.71. The lowest BCUT2D eigenvalue weighted by atomic mass is 10.1. The van der Waals surface area contributed by atoms with Crippen LogP contribution in [0.15, 0.2) is 35.0 Å². The number of thiophene rings is 1. The fourth-order valence-electron chi connectivity index (χ4n) is 2.33. The molecule has 0 saturated heterocycles. The van der Waals surface area contributed by atoms with E-state index in [0.717, 1.165) is 22.5 Å². The smallest absolute Gasteiger partial charge is 0.231 e. The monoisotopic (exact) mass is 286 g/mol. The number of carbonyl (C=O) groups is 2. The maximum Gasteiger partial charge on any atom is 0.231 e. The van der Waals surface area contributed by atoms with Gasteiger partial charge in [-0.05, 0) is 46.2 Å². The van der Waals surface area contributed by atoms with E-state index in [1.54, 1.807) is 23.3 Å². The third-order valence-electron chi connectivity index (χ3n) is 3.39. The SMILES string of the molecule is CN1C(=O)Cc2cc(NC(=O)Cc3ccsc3)ccc21. The van der Waals surface area contributed by atoms with E-state index >= 15 is 0 Å². The van der Waals surface area contributed by atoms with Crippen LogP contribution in [0.4, 0.5) is 11.4 Å². The molecule has 1 N–H and O–H groups in total. The van der Waals surface area contributed by atoms with Gasteiger partial charge in [-0.2, -0.15) is 11.3 Å². The van der Waals surface area contributed by atoms with Crippen LogP contribution in [0.1, 0.15) is 11.1 Å². The summed E-state index contributed by atoms with van der Waals surface area (Å²) >= 11 is 1.58. The van der Waals surface area contributed by atoms with Crippen molar-refractivity contribution in [3.8, 4) is 0 Å². The predicted octanol–water partition coefficient (Wildman–Crippen LogP) is 2.45. The minimum atomic E-state index is -0.0407. The maximum absolute atomic E-state index is 11.9. The minimum absolute atomic E-state index is 0.0407. The fourth-order valence-corrected chi connectivity index (χ4v) is 3.00. The number of hydrogen-bond donors (Lipinski definition) is 1. The van der Waals surface area contributed by atoms with Crippen molar-refractivity contribution in [3.05, 3.63) is 46.2 Å². The van der Waals surface area contributed by atoms with Gasteiger partial charge in [-0.25, -0.2) is 0 Å². The van der Waals surface area contributed by atoms with Crippen LogP contribution in [0, 0.1) is 0 Å². The number of nitrogens with one attached hydrogen (secondary N) is 1. The van der Waals surface area contributed by atoms with Crippen molar-refractivity contribution < 1.29 is 9.59 Å². The molecular formula is C15H14N2O2S. The molecule has 102 valence electrons. The second kappa shape index (κ2) is 5.09. The molecule has 1 aliphatic rings. The van der Waals surface area contributed by atoms with Crippen molar-refractivity contribution in [1.82, 2.24) is 0 Å². The Morgan fingerprint density at radius 3 is 3.00 bits per heavy atom. The molecule has 0 aliphatic carbocycles.